The zero-order chi connectivity index (χ0) is 13.0. The van der Waals surface area contributed by atoms with Gasteiger partial charge < -0.3 is 10.6 Å². The molecule has 0 aromatic heterocycles. The van der Waals surface area contributed by atoms with E-state index in [0.29, 0.717) is 0 Å². The summed E-state index contributed by atoms with van der Waals surface area (Å²) in [5.74, 6) is 0.896. The Bertz CT molecular complexity index is 392. The van der Waals surface area contributed by atoms with E-state index in [0.717, 1.165) is 35.4 Å². The van der Waals surface area contributed by atoms with Gasteiger partial charge in [-0.05, 0) is 43.4 Å². The maximum absolute atomic E-state index is 6.29. The minimum atomic E-state index is 0.738. The van der Waals surface area contributed by atoms with E-state index in [1.54, 1.807) is 0 Å². The maximum Gasteiger partial charge on any atom is 0.0660 e. The van der Waals surface area contributed by atoms with E-state index >= 15 is 0 Å². The second-order valence-electron chi connectivity index (χ2n) is 5.28. The zero-order valence-corrected chi connectivity index (χ0v) is 11.9. The molecule has 0 spiro atoms. The molecule has 2 nitrogen and oxygen atoms in total. The van der Waals surface area contributed by atoms with E-state index in [1.807, 2.05) is 12.1 Å². The Balaban J connectivity index is 2.05. The van der Waals surface area contributed by atoms with Crippen LogP contribution in [0.25, 0.3) is 0 Å². The standard InChI is InChI=1S/C15H23ClN2/c1-2-4-12-5-3-9-18(10-8-12)15-7-6-13(17)11-14(15)16/h6-7,11-12H,2-5,8-10,17H2,1H3. The number of halogens is 1. The van der Waals surface area contributed by atoms with Gasteiger partial charge in [-0.2, -0.15) is 0 Å². The average molecular weight is 267 g/mol. The Kier molecular flexibility index (Phi) is 4.76. The lowest BCUT2D eigenvalue weighted by molar-refractivity contribution is 0.435. The van der Waals surface area contributed by atoms with E-state index in [9.17, 15) is 0 Å². The van der Waals surface area contributed by atoms with Crippen molar-refractivity contribution in [1.29, 1.82) is 0 Å². The molecule has 18 heavy (non-hydrogen) atoms. The molecule has 0 aliphatic carbocycles. The highest BCUT2D eigenvalue weighted by molar-refractivity contribution is 6.33. The van der Waals surface area contributed by atoms with Gasteiger partial charge >= 0.3 is 0 Å². The van der Waals surface area contributed by atoms with Crippen LogP contribution in [0.4, 0.5) is 11.4 Å². The molecule has 0 amide bonds. The zero-order valence-electron chi connectivity index (χ0n) is 11.2. The fourth-order valence-electron chi connectivity index (χ4n) is 2.88. The first-order valence-electron chi connectivity index (χ1n) is 7.00. The van der Waals surface area contributed by atoms with Crippen LogP contribution in [0.3, 0.4) is 0 Å². The third kappa shape index (κ3) is 3.32. The predicted octanol–water partition coefficient (Wildman–Crippen LogP) is 4.33. The van der Waals surface area contributed by atoms with Gasteiger partial charge in [0.25, 0.3) is 0 Å². The van der Waals surface area contributed by atoms with Gasteiger partial charge in [0, 0.05) is 18.8 Å². The molecule has 1 heterocycles. The Morgan fingerprint density at radius 1 is 1.33 bits per heavy atom. The van der Waals surface area contributed by atoms with Crippen LogP contribution in [0.15, 0.2) is 18.2 Å². The first kappa shape index (κ1) is 13.5. The Hall–Kier alpha value is -0.890. The summed E-state index contributed by atoms with van der Waals surface area (Å²) in [4.78, 5) is 2.41. The van der Waals surface area contributed by atoms with Crippen molar-refractivity contribution in [2.75, 3.05) is 23.7 Å². The van der Waals surface area contributed by atoms with Crippen LogP contribution in [0, 0.1) is 5.92 Å². The van der Waals surface area contributed by atoms with Crippen molar-refractivity contribution < 1.29 is 0 Å². The minimum Gasteiger partial charge on any atom is -0.399 e. The summed E-state index contributed by atoms with van der Waals surface area (Å²) in [5, 5.41) is 0.781. The van der Waals surface area contributed by atoms with Crippen molar-refractivity contribution >= 4 is 23.0 Å². The molecule has 1 unspecified atom stereocenters. The molecule has 1 aliphatic rings. The molecule has 1 atom stereocenters. The van der Waals surface area contributed by atoms with Crippen LogP contribution in [0.1, 0.15) is 39.0 Å². The summed E-state index contributed by atoms with van der Waals surface area (Å²) in [7, 11) is 0. The predicted molar refractivity (Wildman–Crippen MR) is 80.3 cm³/mol. The summed E-state index contributed by atoms with van der Waals surface area (Å²) in [5.41, 5.74) is 7.63. The highest BCUT2D eigenvalue weighted by Crippen LogP contribution is 2.31. The van der Waals surface area contributed by atoms with E-state index < -0.39 is 0 Å². The fraction of sp³-hybridized carbons (Fsp3) is 0.600. The molecule has 1 saturated heterocycles. The SMILES string of the molecule is CCCC1CCCN(c2ccc(N)cc2Cl)CC1. The molecule has 1 fully saturated rings. The topological polar surface area (TPSA) is 29.3 Å². The van der Waals surface area contributed by atoms with E-state index in [-0.39, 0.29) is 0 Å². The van der Waals surface area contributed by atoms with Gasteiger partial charge in [0.15, 0.2) is 0 Å². The first-order valence-corrected chi connectivity index (χ1v) is 7.38. The Labute approximate surface area is 115 Å². The molecule has 0 radical (unpaired) electrons. The molecule has 100 valence electrons. The first-order chi connectivity index (χ1) is 8.70. The van der Waals surface area contributed by atoms with Gasteiger partial charge in [-0.15, -0.1) is 0 Å². The second-order valence-corrected chi connectivity index (χ2v) is 5.69. The summed E-state index contributed by atoms with van der Waals surface area (Å²) < 4.78 is 0. The fourth-order valence-corrected chi connectivity index (χ4v) is 3.19. The third-order valence-electron chi connectivity index (χ3n) is 3.86. The molecule has 1 aromatic rings. The molecule has 0 saturated carbocycles. The summed E-state index contributed by atoms with van der Waals surface area (Å²) in [6.45, 7) is 4.51. The normalized spacial score (nSPS) is 20.8. The van der Waals surface area contributed by atoms with Crippen LogP contribution in [-0.4, -0.2) is 13.1 Å². The monoisotopic (exact) mass is 266 g/mol. The number of rotatable bonds is 3. The van der Waals surface area contributed by atoms with Gasteiger partial charge in [-0.25, -0.2) is 0 Å². The lowest BCUT2D eigenvalue weighted by atomic mass is 9.96. The largest absolute Gasteiger partial charge is 0.399 e. The summed E-state index contributed by atoms with van der Waals surface area (Å²) in [6.07, 6.45) is 6.58. The summed E-state index contributed by atoms with van der Waals surface area (Å²) >= 11 is 6.29. The number of nitrogens with zero attached hydrogens (tertiary/aromatic N) is 1. The van der Waals surface area contributed by atoms with Crippen LogP contribution in [-0.2, 0) is 0 Å². The molecule has 0 bridgehead atoms. The highest BCUT2D eigenvalue weighted by Gasteiger charge is 2.18. The Morgan fingerprint density at radius 3 is 2.89 bits per heavy atom. The minimum absolute atomic E-state index is 0.738. The number of nitrogen functional groups attached to an aromatic ring is 1. The van der Waals surface area contributed by atoms with Crippen molar-refractivity contribution in [1.82, 2.24) is 0 Å². The molecule has 3 heteroatoms. The van der Waals surface area contributed by atoms with Crippen LogP contribution < -0.4 is 10.6 Å². The molecule has 2 N–H and O–H groups in total. The van der Waals surface area contributed by atoms with E-state index in [2.05, 4.69) is 17.9 Å². The lowest BCUT2D eigenvalue weighted by Gasteiger charge is -2.24. The number of hydrogen-bond donors (Lipinski definition) is 1. The van der Waals surface area contributed by atoms with Crippen LogP contribution >= 0.6 is 11.6 Å². The van der Waals surface area contributed by atoms with Crippen LogP contribution in [0.2, 0.25) is 5.02 Å². The van der Waals surface area contributed by atoms with Crippen molar-refractivity contribution in [3.8, 4) is 0 Å². The molecular weight excluding hydrogens is 244 g/mol. The quantitative estimate of drug-likeness (QED) is 0.825. The number of benzene rings is 1. The highest BCUT2D eigenvalue weighted by atomic mass is 35.5. The lowest BCUT2D eigenvalue weighted by Crippen LogP contribution is -2.24. The van der Waals surface area contributed by atoms with Gasteiger partial charge in [0.1, 0.15) is 0 Å². The van der Waals surface area contributed by atoms with Crippen LogP contribution in [0.5, 0.6) is 0 Å². The Morgan fingerprint density at radius 2 is 2.17 bits per heavy atom. The van der Waals surface area contributed by atoms with Crippen molar-refractivity contribution in [3.63, 3.8) is 0 Å². The number of nitrogens with two attached hydrogens (primary N) is 1. The summed E-state index contributed by atoms with van der Waals surface area (Å²) in [6, 6.07) is 5.85. The van der Waals surface area contributed by atoms with Gasteiger partial charge in [0.05, 0.1) is 10.7 Å². The maximum atomic E-state index is 6.29. The molecule has 1 aliphatic heterocycles. The van der Waals surface area contributed by atoms with E-state index in [4.69, 9.17) is 17.3 Å². The number of hydrogen-bond acceptors (Lipinski definition) is 2. The van der Waals surface area contributed by atoms with Gasteiger partial charge in [0.2, 0.25) is 0 Å². The average Bonchev–Trinajstić information content (AvgIpc) is 2.55. The van der Waals surface area contributed by atoms with Crippen molar-refractivity contribution in [3.05, 3.63) is 23.2 Å². The van der Waals surface area contributed by atoms with Gasteiger partial charge in [-0.1, -0.05) is 31.4 Å². The molecular formula is C15H23ClN2. The molecule has 2 rings (SSSR count). The van der Waals surface area contributed by atoms with E-state index in [1.165, 1.54) is 32.1 Å². The van der Waals surface area contributed by atoms with Gasteiger partial charge in [-0.3, -0.25) is 0 Å². The molecule has 1 aromatic carbocycles. The number of anilines is 2. The smallest absolute Gasteiger partial charge is 0.0660 e. The third-order valence-corrected chi connectivity index (χ3v) is 4.16. The van der Waals surface area contributed by atoms with Crippen molar-refractivity contribution in [2.45, 2.75) is 39.0 Å². The van der Waals surface area contributed by atoms with Crippen molar-refractivity contribution in [2.24, 2.45) is 5.92 Å². The second kappa shape index (κ2) is 6.33.